The number of rotatable bonds is 5. The molecule has 0 saturated heterocycles. The minimum absolute atomic E-state index is 0.140. The molecule has 7 heteroatoms. The van der Waals surface area contributed by atoms with Crippen molar-refractivity contribution in [3.8, 4) is 0 Å². The molecule has 0 fully saturated rings. The zero-order valence-electron chi connectivity index (χ0n) is 12.9. The smallest absolute Gasteiger partial charge is 0.293 e. The van der Waals surface area contributed by atoms with Crippen LogP contribution < -0.4 is 10.6 Å². The fourth-order valence-corrected chi connectivity index (χ4v) is 2.81. The molecule has 2 heterocycles. The van der Waals surface area contributed by atoms with Crippen molar-refractivity contribution in [2.75, 3.05) is 10.6 Å². The summed E-state index contributed by atoms with van der Waals surface area (Å²) in [7, 11) is 0. The van der Waals surface area contributed by atoms with Gasteiger partial charge in [0, 0.05) is 11.1 Å². The number of hydrogen-bond donors (Lipinski definition) is 2. The van der Waals surface area contributed by atoms with Crippen LogP contribution in [0.5, 0.6) is 0 Å². The maximum atomic E-state index is 12.1. The van der Waals surface area contributed by atoms with Crippen LogP contribution in [-0.4, -0.2) is 16.8 Å². The molecule has 2 N–H and O–H groups in total. The molecule has 122 valence electrons. The number of nitrogens with one attached hydrogen (secondary N) is 2. The van der Waals surface area contributed by atoms with Gasteiger partial charge in [0.25, 0.3) is 5.91 Å². The lowest BCUT2D eigenvalue weighted by Crippen LogP contribution is -2.15. The molecule has 0 unspecified atom stereocenters. The van der Waals surface area contributed by atoms with E-state index in [0.29, 0.717) is 10.8 Å². The van der Waals surface area contributed by atoms with Crippen molar-refractivity contribution < 1.29 is 14.0 Å². The Morgan fingerprint density at radius 1 is 1.21 bits per heavy atom. The lowest BCUT2D eigenvalue weighted by molar-refractivity contribution is -0.115. The molecule has 0 aliphatic rings. The van der Waals surface area contributed by atoms with Crippen molar-refractivity contribution in [1.82, 2.24) is 4.98 Å². The van der Waals surface area contributed by atoms with E-state index in [-0.39, 0.29) is 24.0 Å². The molecule has 0 atom stereocenters. The maximum absolute atomic E-state index is 12.1. The number of aryl methyl sites for hydroxylation is 1. The third kappa shape index (κ3) is 4.08. The fourth-order valence-electron chi connectivity index (χ4n) is 2.10. The van der Waals surface area contributed by atoms with Crippen molar-refractivity contribution >= 4 is 34.0 Å². The van der Waals surface area contributed by atoms with E-state index in [1.807, 2.05) is 31.2 Å². The minimum Gasteiger partial charge on any atom is -0.459 e. The van der Waals surface area contributed by atoms with Gasteiger partial charge in [0.15, 0.2) is 10.9 Å². The van der Waals surface area contributed by atoms with Gasteiger partial charge in [-0.05, 0) is 36.8 Å². The highest BCUT2D eigenvalue weighted by molar-refractivity contribution is 7.14. The van der Waals surface area contributed by atoms with E-state index < -0.39 is 0 Å². The topological polar surface area (TPSA) is 84.2 Å². The molecular formula is C17H15N3O3S. The average Bonchev–Trinajstić information content (AvgIpc) is 3.19. The number of thiazole rings is 1. The number of carbonyl (C=O) groups excluding carboxylic acids is 2. The molecule has 0 saturated carbocycles. The van der Waals surface area contributed by atoms with Crippen LogP contribution >= 0.6 is 11.3 Å². The zero-order valence-corrected chi connectivity index (χ0v) is 13.7. The summed E-state index contributed by atoms with van der Waals surface area (Å²) in [4.78, 5) is 28.2. The van der Waals surface area contributed by atoms with Crippen molar-refractivity contribution in [2.24, 2.45) is 0 Å². The van der Waals surface area contributed by atoms with Gasteiger partial charge in [0.2, 0.25) is 5.91 Å². The van der Waals surface area contributed by atoms with Gasteiger partial charge in [-0.25, -0.2) is 4.98 Å². The standard InChI is InChI=1S/C17H15N3O3S/c1-11-4-2-5-12(8-11)18-15(21)9-13-10-24-17(19-13)20-16(22)14-6-3-7-23-14/h2-8,10H,9H2,1H3,(H,18,21)(H,19,20,22). The van der Waals surface area contributed by atoms with Gasteiger partial charge in [-0.1, -0.05) is 12.1 Å². The van der Waals surface area contributed by atoms with Crippen LogP contribution in [-0.2, 0) is 11.2 Å². The van der Waals surface area contributed by atoms with E-state index in [2.05, 4.69) is 15.6 Å². The van der Waals surface area contributed by atoms with Crippen molar-refractivity contribution in [2.45, 2.75) is 13.3 Å². The number of benzene rings is 1. The van der Waals surface area contributed by atoms with Gasteiger partial charge in [0.05, 0.1) is 18.4 Å². The van der Waals surface area contributed by atoms with Gasteiger partial charge in [-0.15, -0.1) is 11.3 Å². The Morgan fingerprint density at radius 3 is 2.83 bits per heavy atom. The molecule has 1 aromatic carbocycles. The van der Waals surface area contributed by atoms with Crippen LogP contribution in [0.3, 0.4) is 0 Å². The van der Waals surface area contributed by atoms with Gasteiger partial charge >= 0.3 is 0 Å². The lowest BCUT2D eigenvalue weighted by Gasteiger charge is -2.04. The van der Waals surface area contributed by atoms with E-state index in [1.165, 1.54) is 17.6 Å². The van der Waals surface area contributed by atoms with Gasteiger partial charge in [-0.3, -0.25) is 14.9 Å². The van der Waals surface area contributed by atoms with Gasteiger partial charge in [0.1, 0.15) is 0 Å². The van der Waals surface area contributed by atoms with Crippen LogP contribution in [0.2, 0.25) is 0 Å². The van der Waals surface area contributed by atoms with Gasteiger partial charge < -0.3 is 9.73 Å². The third-order valence-corrected chi connectivity index (χ3v) is 3.97. The number of aromatic nitrogens is 1. The maximum Gasteiger partial charge on any atom is 0.293 e. The highest BCUT2D eigenvalue weighted by Gasteiger charge is 2.13. The van der Waals surface area contributed by atoms with E-state index in [4.69, 9.17) is 4.42 Å². The van der Waals surface area contributed by atoms with E-state index in [9.17, 15) is 9.59 Å². The number of hydrogen-bond acceptors (Lipinski definition) is 5. The summed E-state index contributed by atoms with van der Waals surface area (Å²) in [5.74, 6) is -0.316. The largest absolute Gasteiger partial charge is 0.459 e. The Bertz CT molecular complexity index is 856. The number of nitrogens with zero attached hydrogens (tertiary/aromatic N) is 1. The molecule has 3 rings (SSSR count). The Balaban J connectivity index is 1.57. The van der Waals surface area contributed by atoms with E-state index in [1.54, 1.807) is 17.5 Å². The van der Waals surface area contributed by atoms with Gasteiger partial charge in [-0.2, -0.15) is 0 Å². The van der Waals surface area contributed by atoms with E-state index >= 15 is 0 Å². The third-order valence-electron chi connectivity index (χ3n) is 3.16. The second kappa shape index (κ2) is 7.10. The number of carbonyl (C=O) groups is 2. The van der Waals surface area contributed by atoms with Crippen LogP contribution in [0.15, 0.2) is 52.5 Å². The molecule has 0 radical (unpaired) electrons. The van der Waals surface area contributed by atoms with Crippen LogP contribution in [0, 0.1) is 6.92 Å². The number of amides is 2. The molecule has 0 aliphatic heterocycles. The summed E-state index contributed by atoms with van der Waals surface area (Å²) >= 11 is 1.26. The van der Waals surface area contributed by atoms with Crippen LogP contribution in [0.25, 0.3) is 0 Å². The monoisotopic (exact) mass is 341 g/mol. The normalized spacial score (nSPS) is 10.4. The first kappa shape index (κ1) is 15.9. The van der Waals surface area contributed by atoms with Crippen molar-refractivity contribution in [3.05, 3.63) is 65.1 Å². The first-order valence-corrected chi connectivity index (χ1v) is 8.14. The minimum atomic E-state index is -0.370. The quantitative estimate of drug-likeness (QED) is 0.744. The zero-order chi connectivity index (χ0) is 16.9. The molecule has 0 bridgehead atoms. The Labute approximate surface area is 142 Å². The second-order valence-corrected chi connectivity index (χ2v) is 6.03. The number of furan rings is 1. The van der Waals surface area contributed by atoms with Crippen LogP contribution in [0.1, 0.15) is 21.8 Å². The molecule has 24 heavy (non-hydrogen) atoms. The predicted octanol–water partition coefficient (Wildman–Crippen LogP) is 3.48. The highest BCUT2D eigenvalue weighted by Crippen LogP contribution is 2.18. The molecule has 3 aromatic rings. The molecular weight excluding hydrogens is 326 g/mol. The molecule has 0 spiro atoms. The Kier molecular flexibility index (Phi) is 4.72. The Morgan fingerprint density at radius 2 is 2.08 bits per heavy atom. The van der Waals surface area contributed by atoms with E-state index in [0.717, 1.165) is 11.3 Å². The lowest BCUT2D eigenvalue weighted by atomic mass is 10.2. The predicted molar refractivity (Wildman–Crippen MR) is 92.3 cm³/mol. The molecule has 0 aliphatic carbocycles. The first-order valence-electron chi connectivity index (χ1n) is 7.26. The van der Waals surface area contributed by atoms with Crippen molar-refractivity contribution in [1.29, 1.82) is 0 Å². The van der Waals surface area contributed by atoms with Crippen LogP contribution in [0.4, 0.5) is 10.8 Å². The first-order chi connectivity index (χ1) is 11.6. The summed E-state index contributed by atoms with van der Waals surface area (Å²) in [5.41, 5.74) is 2.42. The summed E-state index contributed by atoms with van der Waals surface area (Å²) in [5, 5.41) is 7.63. The number of anilines is 2. The Hall–Kier alpha value is -2.93. The summed E-state index contributed by atoms with van der Waals surface area (Å²) in [6.45, 7) is 1.96. The summed E-state index contributed by atoms with van der Waals surface area (Å²) in [6, 6.07) is 10.8. The fraction of sp³-hybridized carbons (Fsp3) is 0.118. The average molecular weight is 341 g/mol. The molecule has 2 amide bonds. The SMILES string of the molecule is Cc1cccc(NC(=O)Cc2csc(NC(=O)c3ccco3)n2)c1. The molecule has 2 aromatic heterocycles. The van der Waals surface area contributed by atoms with Crippen molar-refractivity contribution in [3.63, 3.8) is 0 Å². The second-order valence-electron chi connectivity index (χ2n) is 5.17. The highest BCUT2D eigenvalue weighted by atomic mass is 32.1. The summed E-state index contributed by atoms with van der Waals surface area (Å²) in [6.07, 6.45) is 1.57. The molecule has 6 nitrogen and oxygen atoms in total. The summed E-state index contributed by atoms with van der Waals surface area (Å²) < 4.78 is 5.02.